The van der Waals surface area contributed by atoms with Crippen LogP contribution in [0.25, 0.3) is 0 Å². The Morgan fingerprint density at radius 2 is 1.83 bits per heavy atom. The highest BCUT2D eigenvalue weighted by Gasteiger charge is 2.54. The van der Waals surface area contributed by atoms with Crippen molar-refractivity contribution in [1.82, 2.24) is 0 Å². The van der Waals surface area contributed by atoms with Crippen molar-refractivity contribution >= 4 is 15.5 Å². The Bertz CT molecular complexity index is 572. The number of nitro benzene ring substituents is 1. The van der Waals surface area contributed by atoms with Gasteiger partial charge in [0.15, 0.2) is 0 Å². The summed E-state index contributed by atoms with van der Waals surface area (Å²) in [7, 11) is -5.68. The van der Waals surface area contributed by atoms with Crippen molar-refractivity contribution in [2.45, 2.75) is 16.6 Å². The Kier molecular flexibility index (Phi) is 3.60. The molecule has 0 radical (unpaired) electrons. The number of non-ortho nitro benzene ring substituents is 1. The molecule has 1 rings (SSSR count). The third kappa shape index (κ3) is 2.28. The Labute approximate surface area is 98.1 Å². The average Bonchev–Trinajstić information content (AvgIpc) is 2.28. The van der Waals surface area contributed by atoms with Gasteiger partial charge < -0.3 is 0 Å². The lowest BCUT2D eigenvalue weighted by atomic mass is 10.3. The van der Waals surface area contributed by atoms with Gasteiger partial charge in [-0.25, -0.2) is 17.2 Å². The summed E-state index contributed by atoms with van der Waals surface area (Å²) in [5.74, 6) is 0. The molecular weight excluding hydrogens is 282 g/mol. The van der Waals surface area contributed by atoms with Crippen LogP contribution in [-0.4, -0.2) is 25.0 Å². The largest absolute Gasteiger partial charge is 0.408 e. The molecule has 0 bridgehead atoms. The number of benzene rings is 1. The van der Waals surface area contributed by atoms with Gasteiger partial charge in [0, 0.05) is 12.1 Å². The van der Waals surface area contributed by atoms with Crippen molar-refractivity contribution in [3.05, 3.63) is 34.4 Å². The van der Waals surface area contributed by atoms with Gasteiger partial charge in [-0.15, -0.1) is 0 Å². The van der Waals surface area contributed by atoms with Crippen molar-refractivity contribution in [3.8, 4) is 0 Å². The second-order valence-corrected chi connectivity index (χ2v) is 5.14. The highest BCUT2D eigenvalue weighted by Crippen LogP contribution is 2.35. The van der Waals surface area contributed by atoms with Crippen molar-refractivity contribution in [2.24, 2.45) is 0 Å². The maximum Gasteiger partial charge on any atom is 0.408 e. The van der Waals surface area contributed by atoms with Gasteiger partial charge in [-0.1, -0.05) is 6.07 Å². The molecule has 1 aromatic rings. The lowest BCUT2D eigenvalue weighted by Gasteiger charge is -2.15. The number of sulfone groups is 1. The molecule has 0 unspecified atom stereocenters. The Hall–Kier alpha value is -1.71. The summed E-state index contributed by atoms with van der Waals surface area (Å²) in [6, 6.07) is 2.54. The molecular formula is C8H5F4NO4S. The molecule has 0 aliphatic heterocycles. The van der Waals surface area contributed by atoms with Crippen LogP contribution < -0.4 is 0 Å². The van der Waals surface area contributed by atoms with Gasteiger partial charge in [0.25, 0.3) is 5.69 Å². The predicted molar refractivity (Wildman–Crippen MR) is 51.2 cm³/mol. The van der Waals surface area contributed by atoms with Gasteiger partial charge in [0.2, 0.25) is 9.84 Å². The molecule has 0 atom stereocenters. The lowest BCUT2D eigenvalue weighted by Crippen LogP contribution is -2.36. The Balaban J connectivity index is 3.38. The molecule has 0 aliphatic carbocycles. The molecule has 0 fully saturated rings. The van der Waals surface area contributed by atoms with E-state index in [1.165, 1.54) is 0 Å². The fourth-order valence-corrected chi connectivity index (χ4v) is 2.12. The molecule has 0 amide bonds. The number of rotatable bonds is 4. The maximum absolute atomic E-state index is 12.8. The molecule has 1 aromatic carbocycles. The van der Waals surface area contributed by atoms with Crippen molar-refractivity contribution < 1.29 is 30.9 Å². The van der Waals surface area contributed by atoms with Crippen LogP contribution in [0.4, 0.5) is 23.2 Å². The summed E-state index contributed by atoms with van der Waals surface area (Å²) >= 11 is 0. The van der Waals surface area contributed by atoms with E-state index in [9.17, 15) is 36.1 Å². The maximum atomic E-state index is 12.8. The minimum atomic E-state index is -5.68. The number of hydrogen-bond donors (Lipinski definition) is 0. The third-order valence-corrected chi connectivity index (χ3v) is 3.72. The van der Waals surface area contributed by atoms with E-state index in [1.54, 1.807) is 0 Å². The molecule has 0 heterocycles. The first-order valence-corrected chi connectivity index (χ1v) is 5.74. The van der Waals surface area contributed by atoms with E-state index >= 15 is 0 Å². The fraction of sp³-hybridized carbons (Fsp3) is 0.250. The summed E-state index contributed by atoms with van der Waals surface area (Å²) in [6.45, 7) is 0. The Morgan fingerprint density at radius 3 is 2.28 bits per heavy atom. The molecule has 5 nitrogen and oxygen atoms in total. The summed E-state index contributed by atoms with van der Waals surface area (Å²) in [6.07, 6.45) is -4.43. The van der Waals surface area contributed by atoms with E-state index in [2.05, 4.69) is 0 Å². The van der Waals surface area contributed by atoms with E-state index in [0.717, 1.165) is 12.1 Å². The van der Waals surface area contributed by atoms with E-state index < -0.39 is 37.0 Å². The summed E-state index contributed by atoms with van der Waals surface area (Å²) in [5.41, 5.74) is -0.791. The van der Waals surface area contributed by atoms with Gasteiger partial charge in [-0.3, -0.25) is 10.1 Å². The zero-order valence-corrected chi connectivity index (χ0v) is 9.20. The second kappa shape index (κ2) is 4.52. The van der Waals surface area contributed by atoms with Gasteiger partial charge in [-0.05, 0) is 6.07 Å². The van der Waals surface area contributed by atoms with Crippen LogP contribution in [0.2, 0.25) is 0 Å². The summed E-state index contributed by atoms with van der Waals surface area (Å²) in [5, 5.41) is 5.04. The molecule has 0 N–H and O–H groups in total. The predicted octanol–water partition coefficient (Wildman–Crippen LogP) is 2.23. The Morgan fingerprint density at radius 1 is 1.28 bits per heavy atom. The highest BCUT2D eigenvalue weighted by molar-refractivity contribution is 7.92. The van der Waals surface area contributed by atoms with Crippen LogP contribution >= 0.6 is 0 Å². The van der Waals surface area contributed by atoms with Gasteiger partial charge >= 0.3 is 11.7 Å². The lowest BCUT2D eigenvalue weighted by molar-refractivity contribution is -0.385. The van der Waals surface area contributed by atoms with Crippen molar-refractivity contribution in [2.75, 3.05) is 0 Å². The standard InChI is InChI=1S/C8H5F4NO4S/c9-7(10)8(11,12)18(16,17)6-3-1-2-5(4-6)13(14)15/h1-4,7H. The number of hydrogen-bond acceptors (Lipinski definition) is 4. The topological polar surface area (TPSA) is 77.3 Å². The summed E-state index contributed by atoms with van der Waals surface area (Å²) < 4.78 is 72.1. The fourth-order valence-electron chi connectivity index (χ4n) is 1.04. The normalized spacial score (nSPS) is 12.7. The van der Waals surface area contributed by atoms with Crippen LogP contribution in [0.5, 0.6) is 0 Å². The number of nitro groups is 1. The second-order valence-electron chi connectivity index (χ2n) is 3.12. The third-order valence-electron chi connectivity index (χ3n) is 1.95. The average molecular weight is 287 g/mol. The molecule has 0 saturated carbocycles. The van der Waals surface area contributed by atoms with Gasteiger partial charge in [0.05, 0.1) is 9.82 Å². The number of alkyl halides is 4. The van der Waals surface area contributed by atoms with Crippen LogP contribution in [-0.2, 0) is 9.84 Å². The molecule has 0 saturated heterocycles. The number of nitrogens with zero attached hydrogens (tertiary/aromatic N) is 1. The summed E-state index contributed by atoms with van der Waals surface area (Å²) in [4.78, 5) is 8.08. The first-order chi connectivity index (χ1) is 8.10. The quantitative estimate of drug-likeness (QED) is 0.483. The van der Waals surface area contributed by atoms with Crippen LogP contribution in [0.3, 0.4) is 0 Å². The molecule has 0 spiro atoms. The van der Waals surface area contributed by atoms with Gasteiger partial charge in [-0.2, -0.15) is 8.78 Å². The first kappa shape index (κ1) is 14.4. The van der Waals surface area contributed by atoms with Crippen LogP contribution in [0.1, 0.15) is 0 Å². The van der Waals surface area contributed by atoms with E-state index in [0.29, 0.717) is 12.1 Å². The van der Waals surface area contributed by atoms with Crippen molar-refractivity contribution in [1.29, 1.82) is 0 Å². The van der Waals surface area contributed by atoms with E-state index in [-0.39, 0.29) is 0 Å². The molecule has 10 heteroatoms. The SMILES string of the molecule is O=[N+]([O-])c1cccc(S(=O)(=O)C(F)(F)C(F)F)c1. The molecule has 0 aromatic heterocycles. The van der Waals surface area contributed by atoms with E-state index in [1.807, 2.05) is 0 Å². The first-order valence-electron chi connectivity index (χ1n) is 4.25. The minimum absolute atomic E-state index is 0.297. The molecule has 18 heavy (non-hydrogen) atoms. The van der Waals surface area contributed by atoms with E-state index in [4.69, 9.17) is 0 Å². The minimum Gasteiger partial charge on any atom is -0.258 e. The molecule has 100 valence electrons. The number of halogens is 4. The highest BCUT2D eigenvalue weighted by atomic mass is 32.2. The van der Waals surface area contributed by atoms with Crippen LogP contribution in [0, 0.1) is 10.1 Å². The smallest absolute Gasteiger partial charge is 0.258 e. The monoisotopic (exact) mass is 287 g/mol. The van der Waals surface area contributed by atoms with Gasteiger partial charge in [0.1, 0.15) is 0 Å². The zero-order chi connectivity index (χ0) is 14.1. The zero-order valence-electron chi connectivity index (χ0n) is 8.39. The molecule has 0 aliphatic rings. The van der Waals surface area contributed by atoms with Crippen LogP contribution in [0.15, 0.2) is 29.2 Å². The van der Waals surface area contributed by atoms with Crippen molar-refractivity contribution in [3.63, 3.8) is 0 Å².